The van der Waals surface area contributed by atoms with Crippen LogP contribution >= 0.6 is 24.0 Å². The topological polar surface area (TPSA) is 38.8 Å². The van der Waals surface area contributed by atoms with Crippen molar-refractivity contribution in [2.24, 2.45) is 0 Å². The molecule has 0 bridgehead atoms. The standard InChI is InChI=1S/C27H25NO3S2/c1-20-7-5-6-10-24(20)31-18-17-30-23-13-11-22(12-14-23)19-25-26(29)28(27(32)33-25)16-15-21-8-3-2-4-9-21/h2-14,19H,15-18H2,1H3. The number of aryl methyl sites for hydroxylation is 1. The molecule has 0 saturated carbocycles. The Bertz CT molecular complexity index is 1140. The number of hydrogen-bond acceptors (Lipinski definition) is 5. The van der Waals surface area contributed by atoms with Crippen LogP contribution in [0.4, 0.5) is 0 Å². The number of para-hydroxylation sites is 1. The molecule has 0 radical (unpaired) electrons. The molecule has 1 fully saturated rings. The Morgan fingerprint density at radius 3 is 2.36 bits per heavy atom. The lowest BCUT2D eigenvalue weighted by atomic mass is 10.1. The molecule has 0 aliphatic carbocycles. The number of carbonyl (C=O) groups excluding carboxylic acids is 1. The second-order valence-corrected chi connectivity index (χ2v) is 9.28. The van der Waals surface area contributed by atoms with Gasteiger partial charge in [0, 0.05) is 6.54 Å². The number of rotatable bonds is 9. The molecule has 0 spiro atoms. The van der Waals surface area contributed by atoms with Crippen LogP contribution in [-0.4, -0.2) is 34.9 Å². The third-order valence-corrected chi connectivity index (χ3v) is 6.60. The summed E-state index contributed by atoms with van der Waals surface area (Å²) in [4.78, 5) is 15.2. The van der Waals surface area contributed by atoms with Crippen molar-refractivity contribution in [3.63, 3.8) is 0 Å². The molecule has 6 heteroatoms. The van der Waals surface area contributed by atoms with Crippen molar-refractivity contribution in [1.82, 2.24) is 4.90 Å². The average Bonchev–Trinajstić information content (AvgIpc) is 3.10. The molecule has 3 aromatic rings. The first-order valence-corrected chi connectivity index (χ1v) is 12.0. The second kappa shape index (κ2) is 11.2. The van der Waals surface area contributed by atoms with Gasteiger partial charge >= 0.3 is 0 Å². The Kier molecular flexibility index (Phi) is 7.81. The van der Waals surface area contributed by atoms with Crippen molar-refractivity contribution in [3.8, 4) is 11.5 Å². The molecule has 1 aliphatic heterocycles. The number of amides is 1. The van der Waals surface area contributed by atoms with Crippen LogP contribution in [0.1, 0.15) is 16.7 Å². The molecule has 0 atom stereocenters. The highest BCUT2D eigenvalue weighted by molar-refractivity contribution is 8.26. The van der Waals surface area contributed by atoms with Crippen LogP contribution in [-0.2, 0) is 11.2 Å². The van der Waals surface area contributed by atoms with Crippen molar-refractivity contribution >= 4 is 40.3 Å². The normalized spacial score (nSPS) is 14.7. The third kappa shape index (κ3) is 6.24. The number of benzene rings is 3. The fourth-order valence-electron chi connectivity index (χ4n) is 3.42. The number of carbonyl (C=O) groups is 1. The summed E-state index contributed by atoms with van der Waals surface area (Å²) in [5.74, 6) is 1.60. The predicted octanol–water partition coefficient (Wildman–Crippen LogP) is 5.90. The summed E-state index contributed by atoms with van der Waals surface area (Å²) in [6.07, 6.45) is 2.66. The predicted molar refractivity (Wildman–Crippen MR) is 139 cm³/mol. The van der Waals surface area contributed by atoms with Gasteiger partial charge in [-0.05, 0) is 54.3 Å². The van der Waals surface area contributed by atoms with Gasteiger partial charge in [0.2, 0.25) is 0 Å². The van der Waals surface area contributed by atoms with Gasteiger partial charge < -0.3 is 9.47 Å². The third-order valence-electron chi connectivity index (χ3n) is 5.22. The molecular formula is C27H25NO3S2. The van der Waals surface area contributed by atoms with Crippen LogP contribution in [0.25, 0.3) is 6.08 Å². The summed E-state index contributed by atoms with van der Waals surface area (Å²) < 4.78 is 12.1. The van der Waals surface area contributed by atoms with Crippen molar-refractivity contribution < 1.29 is 14.3 Å². The van der Waals surface area contributed by atoms with E-state index in [-0.39, 0.29) is 5.91 Å². The fraction of sp³-hybridized carbons (Fsp3) is 0.185. The van der Waals surface area contributed by atoms with E-state index in [1.165, 1.54) is 17.3 Å². The van der Waals surface area contributed by atoms with Gasteiger partial charge in [-0.2, -0.15) is 0 Å². The number of thiocarbonyl (C=S) groups is 1. The largest absolute Gasteiger partial charge is 0.490 e. The Morgan fingerprint density at radius 1 is 0.909 bits per heavy atom. The van der Waals surface area contributed by atoms with Crippen LogP contribution in [0.3, 0.4) is 0 Å². The Morgan fingerprint density at radius 2 is 1.61 bits per heavy atom. The summed E-state index contributed by atoms with van der Waals surface area (Å²) in [6, 6.07) is 25.7. The number of ether oxygens (including phenoxy) is 2. The fourth-order valence-corrected chi connectivity index (χ4v) is 4.73. The summed E-state index contributed by atoms with van der Waals surface area (Å²) >= 11 is 6.80. The van der Waals surface area contributed by atoms with Crippen LogP contribution in [0.5, 0.6) is 11.5 Å². The average molecular weight is 476 g/mol. The van der Waals surface area contributed by atoms with Crippen molar-refractivity contribution in [2.75, 3.05) is 19.8 Å². The quantitative estimate of drug-likeness (QED) is 0.219. The molecule has 3 aromatic carbocycles. The minimum absolute atomic E-state index is 0.0328. The van der Waals surface area contributed by atoms with E-state index in [1.807, 2.05) is 79.7 Å². The molecule has 4 nitrogen and oxygen atoms in total. The second-order valence-electron chi connectivity index (χ2n) is 7.60. The summed E-state index contributed by atoms with van der Waals surface area (Å²) in [6.45, 7) is 3.53. The van der Waals surface area contributed by atoms with E-state index in [9.17, 15) is 4.79 Å². The first-order chi connectivity index (χ1) is 16.1. The zero-order valence-electron chi connectivity index (χ0n) is 18.4. The van der Waals surface area contributed by atoms with Gasteiger partial charge in [-0.3, -0.25) is 9.69 Å². The SMILES string of the molecule is Cc1ccccc1OCCOc1ccc(C=C2SC(=S)N(CCc3ccccc3)C2=O)cc1. The lowest BCUT2D eigenvalue weighted by Gasteiger charge is -2.14. The molecule has 168 valence electrons. The maximum absolute atomic E-state index is 12.8. The van der Waals surface area contributed by atoms with E-state index >= 15 is 0 Å². The van der Waals surface area contributed by atoms with Gasteiger partial charge in [-0.1, -0.05) is 84.6 Å². The van der Waals surface area contributed by atoms with E-state index in [0.29, 0.717) is 29.0 Å². The minimum Gasteiger partial charge on any atom is -0.490 e. The van der Waals surface area contributed by atoms with Crippen LogP contribution in [0, 0.1) is 6.92 Å². The Hall–Kier alpha value is -3.09. The highest BCUT2D eigenvalue weighted by Crippen LogP contribution is 2.33. The Labute approximate surface area is 204 Å². The summed E-state index contributed by atoms with van der Waals surface area (Å²) in [5.41, 5.74) is 3.23. The minimum atomic E-state index is -0.0328. The molecule has 0 N–H and O–H groups in total. The van der Waals surface area contributed by atoms with E-state index in [2.05, 4.69) is 12.1 Å². The molecule has 1 aliphatic rings. The van der Waals surface area contributed by atoms with Crippen molar-refractivity contribution in [1.29, 1.82) is 0 Å². The first-order valence-electron chi connectivity index (χ1n) is 10.8. The highest BCUT2D eigenvalue weighted by Gasteiger charge is 2.31. The molecule has 1 amide bonds. The van der Waals surface area contributed by atoms with Crippen molar-refractivity contribution in [2.45, 2.75) is 13.3 Å². The molecular weight excluding hydrogens is 450 g/mol. The van der Waals surface area contributed by atoms with E-state index in [1.54, 1.807) is 4.90 Å². The molecule has 33 heavy (non-hydrogen) atoms. The monoisotopic (exact) mass is 475 g/mol. The van der Waals surface area contributed by atoms with E-state index < -0.39 is 0 Å². The molecule has 1 heterocycles. The summed E-state index contributed by atoms with van der Waals surface area (Å²) in [7, 11) is 0. The van der Waals surface area contributed by atoms with Gasteiger partial charge in [0.15, 0.2) is 0 Å². The van der Waals surface area contributed by atoms with Crippen LogP contribution < -0.4 is 9.47 Å². The lowest BCUT2D eigenvalue weighted by molar-refractivity contribution is -0.122. The first kappa shape index (κ1) is 23.1. The maximum Gasteiger partial charge on any atom is 0.266 e. The molecule has 1 saturated heterocycles. The van der Waals surface area contributed by atoms with Gasteiger partial charge in [-0.15, -0.1) is 0 Å². The molecule has 0 unspecified atom stereocenters. The van der Waals surface area contributed by atoms with Crippen LogP contribution in [0.2, 0.25) is 0 Å². The lowest BCUT2D eigenvalue weighted by Crippen LogP contribution is -2.30. The Balaban J connectivity index is 1.28. The maximum atomic E-state index is 12.8. The zero-order valence-corrected chi connectivity index (χ0v) is 20.0. The van der Waals surface area contributed by atoms with Gasteiger partial charge in [0.05, 0.1) is 4.91 Å². The van der Waals surface area contributed by atoms with Crippen molar-refractivity contribution in [3.05, 3.63) is 100 Å². The number of nitrogens with zero attached hydrogens (tertiary/aromatic N) is 1. The van der Waals surface area contributed by atoms with Gasteiger partial charge in [0.25, 0.3) is 5.91 Å². The van der Waals surface area contributed by atoms with Crippen LogP contribution in [0.15, 0.2) is 83.8 Å². The number of thioether (sulfide) groups is 1. The molecule has 4 rings (SSSR count). The zero-order chi connectivity index (χ0) is 23.0. The van der Waals surface area contributed by atoms with Gasteiger partial charge in [-0.25, -0.2) is 0 Å². The van der Waals surface area contributed by atoms with E-state index in [4.69, 9.17) is 21.7 Å². The van der Waals surface area contributed by atoms with E-state index in [0.717, 1.165) is 29.0 Å². The highest BCUT2D eigenvalue weighted by atomic mass is 32.2. The molecule has 0 aromatic heterocycles. The smallest absolute Gasteiger partial charge is 0.266 e. The van der Waals surface area contributed by atoms with Gasteiger partial charge in [0.1, 0.15) is 29.0 Å². The number of hydrogen-bond donors (Lipinski definition) is 0. The summed E-state index contributed by atoms with van der Waals surface area (Å²) in [5, 5.41) is 0.